The molecule has 0 rings (SSSR count). The minimum absolute atomic E-state index is 1.08. The highest BCUT2D eigenvalue weighted by Crippen LogP contribution is 2.12. The van der Waals surface area contributed by atoms with Crippen LogP contribution in [0.1, 0.15) is 110 Å². The Morgan fingerprint density at radius 3 is 1.54 bits per heavy atom. The minimum Gasteiger partial charge on any atom is -0.212 e. The number of nitrogens with zero attached hydrogens (tertiary/aromatic N) is 1. The zero-order valence-corrected chi connectivity index (χ0v) is 16.8. The minimum atomic E-state index is 1.08. The lowest BCUT2D eigenvalue weighted by Gasteiger charge is -2.02. The SMILES string of the molecule is C=[N+](C=CC=CCC)CCCCCCCCCCCCCCCC. The topological polar surface area (TPSA) is 3.01 Å². The van der Waals surface area contributed by atoms with Crippen LogP contribution in [0.2, 0.25) is 0 Å². The van der Waals surface area contributed by atoms with Crippen LogP contribution in [0, 0.1) is 0 Å². The molecule has 1 nitrogen and oxygen atoms in total. The van der Waals surface area contributed by atoms with E-state index in [-0.39, 0.29) is 0 Å². The molecule has 0 unspecified atom stereocenters. The van der Waals surface area contributed by atoms with Crippen molar-refractivity contribution < 1.29 is 4.58 Å². The molecule has 0 aromatic rings. The Hall–Kier alpha value is -0.850. The van der Waals surface area contributed by atoms with Gasteiger partial charge in [-0.15, -0.1) is 0 Å². The van der Waals surface area contributed by atoms with Gasteiger partial charge in [0.25, 0.3) is 0 Å². The molecule has 0 aromatic carbocycles. The van der Waals surface area contributed by atoms with Crippen molar-refractivity contribution in [1.29, 1.82) is 0 Å². The molecule has 0 radical (unpaired) electrons. The van der Waals surface area contributed by atoms with Crippen molar-refractivity contribution in [2.75, 3.05) is 6.54 Å². The van der Waals surface area contributed by atoms with Crippen molar-refractivity contribution in [2.24, 2.45) is 0 Å². The van der Waals surface area contributed by atoms with Crippen LogP contribution in [0.25, 0.3) is 0 Å². The van der Waals surface area contributed by atoms with Gasteiger partial charge in [0, 0.05) is 12.5 Å². The summed E-state index contributed by atoms with van der Waals surface area (Å²) in [5.74, 6) is 0. The first-order chi connectivity index (χ1) is 11.8. The smallest absolute Gasteiger partial charge is 0.168 e. The summed E-state index contributed by atoms with van der Waals surface area (Å²) < 4.78 is 2.06. The van der Waals surface area contributed by atoms with E-state index in [4.69, 9.17) is 0 Å². The fraction of sp³-hybridized carbons (Fsp3) is 0.783. The molecule has 0 fully saturated rings. The first kappa shape index (κ1) is 23.1. The van der Waals surface area contributed by atoms with E-state index in [2.05, 4.69) is 49.6 Å². The molecule has 0 atom stereocenters. The van der Waals surface area contributed by atoms with Gasteiger partial charge in [-0.05, 0) is 12.8 Å². The Labute approximate surface area is 152 Å². The zero-order chi connectivity index (χ0) is 17.7. The lowest BCUT2D eigenvalue weighted by molar-refractivity contribution is -0.448. The largest absolute Gasteiger partial charge is 0.212 e. The fourth-order valence-corrected chi connectivity index (χ4v) is 2.97. The maximum Gasteiger partial charge on any atom is 0.168 e. The molecule has 0 amide bonds. The van der Waals surface area contributed by atoms with Gasteiger partial charge in [0.2, 0.25) is 0 Å². The molecule has 24 heavy (non-hydrogen) atoms. The summed E-state index contributed by atoms with van der Waals surface area (Å²) in [5.41, 5.74) is 0. The monoisotopic (exact) mass is 334 g/mol. The Balaban J connectivity index is 3.18. The predicted octanol–water partition coefficient (Wildman–Crippen LogP) is 7.66. The highest BCUT2D eigenvalue weighted by Gasteiger charge is 1.97. The third-order valence-electron chi connectivity index (χ3n) is 4.58. The number of rotatable bonds is 18. The van der Waals surface area contributed by atoms with Gasteiger partial charge in [-0.2, -0.15) is 0 Å². The summed E-state index contributed by atoms with van der Waals surface area (Å²) >= 11 is 0. The Morgan fingerprint density at radius 1 is 0.625 bits per heavy atom. The van der Waals surface area contributed by atoms with Crippen LogP contribution in [0.5, 0.6) is 0 Å². The highest BCUT2D eigenvalue weighted by atomic mass is 14.9. The number of hydrogen-bond acceptors (Lipinski definition) is 0. The van der Waals surface area contributed by atoms with Gasteiger partial charge in [0.05, 0.1) is 0 Å². The summed E-state index contributed by atoms with van der Waals surface area (Å²) in [6.07, 6.45) is 29.4. The molecular formula is C23H44N+. The molecule has 0 N–H and O–H groups in total. The molecule has 0 bridgehead atoms. The van der Waals surface area contributed by atoms with E-state index in [0.29, 0.717) is 0 Å². The Bertz CT molecular complexity index is 314. The van der Waals surface area contributed by atoms with Crippen molar-refractivity contribution in [3.05, 3.63) is 24.4 Å². The molecule has 140 valence electrons. The van der Waals surface area contributed by atoms with E-state index in [1.165, 1.54) is 89.9 Å². The molecule has 0 heterocycles. The van der Waals surface area contributed by atoms with Crippen LogP contribution in [0.4, 0.5) is 0 Å². The normalized spacial score (nSPS) is 11.8. The molecule has 0 aliphatic carbocycles. The van der Waals surface area contributed by atoms with Gasteiger partial charge in [0.1, 0.15) is 13.3 Å². The van der Waals surface area contributed by atoms with E-state index in [9.17, 15) is 0 Å². The van der Waals surface area contributed by atoms with Crippen molar-refractivity contribution in [3.63, 3.8) is 0 Å². The Morgan fingerprint density at radius 2 is 1.08 bits per heavy atom. The van der Waals surface area contributed by atoms with Gasteiger partial charge < -0.3 is 0 Å². The highest BCUT2D eigenvalue weighted by molar-refractivity contribution is 5.16. The summed E-state index contributed by atoms with van der Waals surface area (Å²) in [4.78, 5) is 0. The molecule has 0 aliphatic rings. The maximum absolute atomic E-state index is 4.05. The van der Waals surface area contributed by atoms with E-state index in [1.54, 1.807) is 0 Å². The van der Waals surface area contributed by atoms with E-state index >= 15 is 0 Å². The average Bonchev–Trinajstić information content (AvgIpc) is 2.59. The quantitative estimate of drug-likeness (QED) is 0.105. The van der Waals surface area contributed by atoms with Crippen molar-refractivity contribution >= 4 is 6.72 Å². The molecule has 0 aromatic heterocycles. The standard InChI is InChI=1S/C23H44N/c1-4-6-8-10-11-12-13-14-15-16-17-18-19-21-23-24(3)22-20-9-7-5-2/h7,9,20,22H,3-6,8,10-19,21,23H2,1-2H3/q+1. The van der Waals surface area contributed by atoms with Crippen molar-refractivity contribution in [2.45, 2.75) is 110 Å². The van der Waals surface area contributed by atoms with E-state index in [1.807, 2.05) is 0 Å². The van der Waals surface area contributed by atoms with Crippen LogP contribution < -0.4 is 0 Å². The molecule has 0 saturated heterocycles. The summed E-state index contributed by atoms with van der Waals surface area (Å²) in [6, 6.07) is 0. The van der Waals surface area contributed by atoms with Crippen LogP contribution >= 0.6 is 0 Å². The molecule has 0 spiro atoms. The predicted molar refractivity (Wildman–Crippen MR) is 111 cm³/mol. The number of unbranched alkanes of at least 4 members (excludes halogenated alkanes) is 13. The van der Waals surface area contributed by atoms with Gasteiger partial charge in [-0.1, -0.05) is 103 Å². The lowest BCUT2D eigenvalue weighted by Crippen LogP contribution is -2.02. The van der Waals surface area contributed by atoms with Crippen LogP contribution in [0.3, 0.4) is 0 Å². The third kappa shape index (κ3) is 19.2. The summed E-state index contributed by atoms with van der Waals surface area (Å²) in [6.45, 7) is 9.57. The second-order valence-electron chi connectivity index (χ2n) is 7.09. The second-order valence-corrected chi connectivity index (χ2v) is 7.09. The fourth-order valence-electron chi connectivity index (χ4n) is 2.97. The average molecular weight is 335 g/mol. The van der Waals surface area contributed by atoms with Crippen molar-refractivity contribution in [3.8, 4) is 0 Å². The van der Waals surface area contributed by atoms with Gasteiger partial charge >= 0.3 is 0 Å². The van der Waals surface area contributed by atoms with Gasteiger partial charge in [0.15, 0.2) is 6.20 Å². The number of hydrogen-bond donors (Lipinski definition) is 0. The summed E-state index contributed by atoms with van der Waals surface area (Å²) in [5, 5.41) is 0. The molecule has 1 heteroatoms. The maximum atomic E-state index is 4.05. The van der Waals surface area contributed by atoms with Gasteiger partial charge in [-0.3, -0.25) is 0 Å². The molecule has 0 saturated carbocycles. The van der Waals surface area contributed by atoms with E-state index < -0.39 is 0 Å². The van der Waals surface area contributed by atoms with Crippen LogP contribution in [0.15, 0.2) is 24.4 Å². The van der Waals surface area contributed by atoms with E-state index in [0.717, 1.165) is 13.0 Å². The first-order valence-corrected chi connectivity index (χ1v) is 10.7. The lowest BCUT2D eigenvalue weighted by atomic mass is 10.0. The number of allylic oxidation sites excluding steroid dienone is 3. The van der Waals surface area contributed by atoms with Crippen LogP contribution in [-0.4, -0.2) is 17.8 Å². The second kappa shape index (κ2) is 20.2. The third-order valence-corrected chi connectivity index (χ3v) is 4.58. The molecular weight excluding hydrogens is 290 g/mol. The Kier molecular flexibility index (Phi) is 19.5. The zero-order valence-electron chi connectivity index (χ0n) is 16.8. The van der Waals surface area contributed by atoms with Crippen molar-refractivity contribution in [1.82, 2.24) is 0 Å². The first-order valence-electron chi connectivity index (χ1n) is 10.7. The van der Waals surface area contributed by atoms with Gasteiger partial charge in [-0.25, -0.2) is 4.58 Å². The molecule has 0 aliphatic heterocycles. The summed E-state index contributed by atoms with van der Waals surface area (Å²) in [7, 11) is 0. The van der Waals surface area contributed by atoms with Crippen LogP contribution in [-0.2, 0) is 0 Å².